The van der Waals surface area contributed by atoms with Crippen LogP contribution in [-0.2, 0) is 0 Å². The normalized spacial score (nSPS) is 10.2. The molecule has 0 aliphatic rings. The summed E-state index contributed by atoms with van der Waals surface area (Å²) in [7, 11) is 0. The average Bonchev–Trinajstić information content (AvgIpc) is 2.41. The lowest BCUT2D eigenvalue weighted by atomic mass is 10.3. The van der Waals surface area contributed by atoms with Gasteiger partial charge in [-0.2, -0.15) is 5.10 Å². The number of rotatable bonds is 5. The maximum atomic E-state index is 11.2. The Morgan fingerprint density at radius 1 is 1.37 bits per heavy atom. The van der Waals surface area contributed by atoms with Crippen LogP contribution in [0.5, 0.6) is 5.75 Å². The molecule has 19 heavy (non-hydrogen) atoms. The fourth-order valence-electron chi connectivity index (χ4n) is 1.43. The first-order valence-corrected chi connectivity index (χ1v) is 6.00. The number of aromatic nitrogens is 2. The zero-order chi connectivity index (χ0) is 13.7. The fourth-order valence-corrected chi connectivity index (χ4v) is 1.58. The number of H-pyrrole nitrogens is 1. The van der Waals surface area contributed by atoms with Gasteiger partial charge in [0.05, 0.1) is 11.9 Å². The summed E-state index contributed by atoms with van der Waals surface area (Å²) < 4.78 is 5.49. The minimum Gasteiger partial charge on any atom is -0.492 e. The summed E-state index contributed by atoms with van der Waals surface area (Å²) >= 11 is 5.81. The SMILES string of the molecule is Nc1ccc(OCCNc2cn[nH]c(=O)c2Cl)cc1. The Kier molecular flexibility index (Phi) is 4.25. The summed E-state index contributed by atoms with van der Waals surface area (Å²) in [6.07, 6.45) is 1.45. The highest BCUT2D eigenvalue weighted by atomic mass is 35.5. The van der Waals surface area contributed by atoms with Crippen LogP contribution in [0.2, 0.25) is 5.02 Å². The van der Waals surface area contributed by atoms with E-state index >= 15 is 0 Å². The molecule has 100 valence electrons. The molecule has 0 aliphatic carbocycles. The predicted octanol–water partition coefficient (Wildman–Crippen LogP) is 1.50. The van der Waals surface area contributed by atoms with E-state index in [1.54, 1.807) is 24.3 Å². The first kappa shape index (κ1) is 13.2. The number of nitrogens with zero attached hydrogens (tertiary/aromatic N) is 1. The molecule has 0 spiro atoms. The first-order chi connectivity index (χ1) is 9.16. The average molecular weight is 281 g/mol. The van der Waals surface area contributed by atoms with E-state index in [4.69, 9.17) is 22.1 Å². The summed E-state index contributed by atoms with van der Waals surface area (Å²) in [5.41, 5.74) is 6.31. The molecule has 1 aromatic carbocycles. The van der Waals surface area contributed by atoms with Crippen molar-refractivity contribution in [2.75, 3.05) is 24.2 Å². The maximum absolute atomic E-state index is 11.2. The lowest BCUT2D eigenvalue weighted by molar-refractivity contribution is 0.333. The van der Waals surface area contributed by atoms with Gasteiger partial charge < -0.3 is 15.8 Å². The third kappa shape index (κ3) is 3.62. The van der Waals surface area contributed by atoms with Crippen LogP contribution < -0.4 is 21.3 Å². The monoisotopic (exact) mass is 280 g/mol. The Bertz CT molecular complexity index is 597. The second-order valence-corrected chi connectivity index (χ2v) is 4.15. The molecule has 7 heteroatoms. The number of hydrogen-bond acceptors (Lipinski definition) is 5. The molecule has 1 heterocycles. The minimum absolute atomic E-state index is 0.0856. The Hall–Kier alpha value is -2.21. The lowest BCUT2D eigenvalue weighted by Crippen LogP contribution is -2.16. The number of benzene rings is 1. The van der Waals surface area contributed by atoms with Crippen molar-refractivity contribution in [3.63, 3.8) is 0 Å². The summed E-state index contributed by atoms with van der Waals surface area (Å²) in [5.74, 6) is 0.728. The zero-order valence-electron chi connectivity index (χ0n) is 10.0. The molecule has 0 fully saturated rings. The molecule has 2 rings (SSSR count). The van der Waals surface area contributed by atoms with Gasteiger partial charge in [-0.15, -0.1) is 0 Å². The number of anilines is 2. The number of nitrogen functional groups attached to an aromatic ring is 1. The Morgan fingerprint density at radius 2 is 2.11 bits per heavy atom. The molecule has 4 N–H and O–H groups in total. The highest BCUT2D eigenvalue weighted by molar-refractivity contribution is 6.32. The van der Waals surface area contributed by atoms with Crippen LogP contribution in [0.4, 0.5) is 11.4 Å². The molecule has 6 nitrogen and oxygen atoms in total. The highest BCUT2D eigenvalue weighted by Crippen LogP contribution is 2.15. The van der Waals surface area contributed by atoms with Crippen LogP contribution in [-0.4, -0.2) is 23.3 Å². The molecule has 0 saturated heterocycles. The van der Waals surface area contributed by atoms with Gasteiger partial charge in [0.15, 0.2) is 0 Å². The molecule has 0 bridgehead atoms. The largest absolute Gasteiger partial charge is 0.492 e. The first-order valence-electron chi connectivity index (χ1n) is 5.62. The Labute approximate surface area is 114 Å². The van der Waals surface area contributed by atoms with Crippen LogP contribution in [0.15, 0.2) is 35.3 Å². The number of ether oxygens (including phenoxy) is 1. The van der Waals surface area contributed by atoms with Crippen LogP contribution in [0.1, 0.15) is 0 Å². The molecule has 1 aromatic heterocycles. The van der Waals surface area contributed by atoms with E-state index in [-0.39, 0.29) is 5.02 Å². The van der Waals surface area contributed by atoms with Crippen molar-refractivity contribution in [2.24, 2.45) is 0 Å². The molecular weight excluding hydrogens is 268 g/mol. The molecule has 0 unspecified atom stereocenters. The summed E-state index contributed by atoms with van der Waals surface area (Å²) in [4.78, 5) is 11.2. The molecule has 0 amide bonds. The van der Waals surface area contributed by atoms with Gasteiger partial charge >= 0.3 is 0 Å². The van der Waals surface area contributed by atoms with Gasteiger partial charge in [-0.1, -0.05) is 11.6 Å². The second-order valence-electron chi connectivity index (χ2n) is 3.77. The topological polar surface area (TPSA) is 93.0 Å². The maximum Gasteiger partial charge on any atom is 0.285 e. The molecule has 0 aliphatic heterocycles. The standard InChI is InChI=1S/C12H13ClN4O2/c13-11-10(7-16-17-12(11)18)15-5-6-19-9-3-1-8(14)2-4-9/h1-4,7H,5-6,14H2,(H2,15,17,18). The number of hydrogen-bond donors (Lipinski definition) is 3. The Morgan fingerprint density at radius 3 is 2.84 bits per heavy atom. The van der Waals surface area contributed by atoms with Crippen LogP contribution in [0.3, 0.4) is 0 Å². The molecule has 0 saturated carbocycles. The van der Waals surface area contributed by atoms with Crippen molar-refractivity contribution >= 4 is 23.0 Å². The van der Waals surface area contributed by atoms with Crippen molar-refractivity contribution < 1.29 is 4.74 Å². The van der Waals surface area contributed by atoms with Gasteiger partial charge in [-0.3, -0.25) is 4.79 Å². The lowest BCUT2D eigenvalue weighted by Gasteiger charge is -2.09. The quantitative estimate of drug-likeness (QED) is 0.570. The van der Waals surface area contributed by atoms with E-state index in [0.717, 1.165) is 5.75 Å². The number of halogens is 1. The fraction of sp³-hybridized carbons (Fsp3) is 0.167. The van der Waals surface area contributed by atoms with Gasteiger partial charge in [0.25, 0.3) is 5.56 Å². The van der Waals surface area contributed by atoms with Crippen molar-refractivity contribution in [2.45, 2.75) is 0 Å². The van der Waals surface area contributed by atoms with Crippen molar-refractivity contribution in [3.05, 3.63) is 45.8 Å². The summed E-state index contributed by atoms with van der Waals surface area (Å²) in [6.45, 7) is 0.919. The number of nitrogens with two attached hydrogens (primary N) is 1. The number of nitrogens with one attached hydrogen (secondary N) is 2. The second kappa shape index (κ2) is 6.10. The Balaban J connectivity index is 1.82. The van der Waals surface area contributed by atoms with E-state index in [1.807, 2.05) is 0 Å². The van der Waals surface area contributed by atoms with E-state index in [2.05, 4.69) is 15.5 Å². The van der Waals surface area contributed by atoms with Gasteiger partial charge in [0.1, 0.15) is 17.4 Å². The van der Waals surface area contributed by atoms with Crippen molar-refractivity contribution in [1.82, 2.24) is 10.2 Å². The van der Waals surface area contributed by atoms with E-state index in [9.17, 15) is 4.79 Å². The van der Waals surface area contributed by atoms with Crippen molar-refractivity contribution in [1.29, 1.82) is 0 Å². The third-order valence-electron chi connectivity index (χ3n) is 2.36. The summed E-state index contributed by atoms with van der Waals surface area (Å²) in [5, 5.41) is 8.95. The molecule has 0 atom stereocenters. The van der Waals surface area contributed by atoms with E-state index in [0.29, 0.717) is 24.5 Å². The molecule has 2 aromatic rings. The summed E-state index contributed by atoms with van der Waals surface area (Å²) in [6, 6.07) is 7.11. The van der Waals surface area contributed by atoms with Gasteiger partial charge in [0, 0.05) is 12.2 Å². The number of aromatic amines is 1. The van der Waals surface area contributed by atoms with Crippen LogP contribution in [0.25, 0.3) is 0 Å². The van der Waals surface area contributed by atoms with Crippen molar-refractivity contribution in [3.8, 4) is 5.75 Å². The predicted molar refractivity (Wildman–Crippen MR) is 74.7 cm³/mol. The third-order valence-corrected chi connectivity index (χ3v) is 2.74. The van der Waals surface area contributed by atoms with E-state index < -0.39 is 5.56 Å². The van der Waals surface area contributed by atoms with E-state index in [1.165, 1.54) is 6.20 Å². The van der Waals surface area contributed by atoms with Gasteiger partial charge in [0.2, 0.25) is 0 Å². The molecule has 0 radical (unpaired) electrons. The van der Waals surface area contributed by atoms with Crippen LogP contribution in [0, 0.1) is 0 Å². The van der Waals surface area contributed by atoms with Gasteiger partial charge in [-0.25, -0.2) is 5.10 Å². The van der Waals surface area contributed by atoms with Gasteiger partial charge in [-0.05, 0) is 24.3 Å². The highest BCUT2D eigenvalue weighted by Gasteiger charge is 2.03. The smallest absolute Gasteiger partial charge is 0.285 e. The minimum atomic E-state index is -0.425. The van der Waals surface area contributed by atoms with Crippen LogP contribution >= 0.6 is 11.6 Å². The molecular formula is C12H13ClN4O2. The zero-order valence-corrected chi connectivity index (χ0v) is 10.8.